The fraction of sp³-hybridized carbons (Fsp3) is 0.500. The second kappa shape index (κ2) is 14.7. The number of nitrogens with zero attached hydrogens (tertiary/aromatic N) is 2. The number of hydrogen-bond acceptors (Lipinski definition) is 7. The highest BCUT2D eigenvalue weighted by molar-refractivity contribution is 7.90. The molecule has 2 bridgehead atoms. The fourth-order valence-electron chi connectivity index (χ4n) is 8.93. The smallest absolute Gasteiger partial charge is 0.264 e. The first-order valence-corrected chi connectivity index (χ1v) is 20.3. The lowest BCUT2D eigenvalue weighted by Gasteiger charge is -2.49. The molecule has 0 unspecified atom stereocenters. The third-order valence-corrected chi connectivity index (χ3v) is 13.3. The number of hydrogen-bond donors (Lipinski definition) is 1. The maximum absolute atomic E-state index is 13.4. The van der Waals surface area contributed by atoms with Crippen molar-refractivity contribution < 1.29 is 27.5 Å². The number of nitrogens with one attached hydrogen (secondary N) is 1. The Bertz CT molecular complexity index is 1890. The number of benzene rings is 3. The van der Waals surface area contributed by atoms with Gasteiger partial charge in [0.1, 0.15) is 11.5 Å². The standard InChI is InChI=1S/C40H48ClN3O6S/c1-27(45)44(23-28-9-14-33(49-2)15-10-28)36-8-4-3-5-20-51(47,48)42-39(46)30-12-18-38-37(22-30)43(24-31-11-16-34(31)36)25-40(26-50-38)19-6-7-29-21-32(41)13-17-35(29)40/h9-10,12-15,17-18,21-22,31,34,36H,3-8,11,16,19-20,23-26H2,1-2H3,(H,42,46)/t31-,34+,36+,40-/m0/s1. The van der Waals surface area contributed by atoms with Crippen molar-refractivity contribution in [1.29, 1.82) is 0 Å². The van der Waals surface area contributed by atoms with Gasteiger partial charge >= 0.3 is 0 Å². The van der Waals surface area contributed by atoms with E-state index in [4.69, 9.17) is 21.1 Å². The molecule has 1 fully saturated rings. The topological polar surface area (TPSA) is 105 Å². The molecule has 2 aliphatic carbocycles. The Morgan fingerprint density at radius 2 is 1.86 bits per heavy atom. The first-order chi connectivity index (χ1) is 24.5. The zero-order valence-electron chi connectivity index (χ0n) is 29.5. The summed E-state index contributed by atoms with van der Waals surface area (Å²) in [5.74, 6) is 1.32. The maximum atomic E-state index is 13.4. The molecule has 0 saturated heterocycles. The van der Waals surface area contributed by atoms with Gasteiger partial charge in [0.15, 0.2) is 0 Å². The zero-order chi connectivity index (χ0) is 35.8. The van der Waals surface area contributed by atoms with Gasteiger partial charge in [0.2, 0.25) is 15.9 Å². The molecule has 2 amide bonds. The number of amides is 2. The lowest BCUT2D eigenvalue weighted by molar-refractivity contribution is -0.135. The minimum atomic E-state index is -3.84. The normalized spacial score (nSPS) is 26.0. The van der Waals surface area contributed by atoms with E-state index in [1.54, 1.807) is 26.2 Å². The van der Waals surface area contributed by atoms with Crippen LogP contribution in [0.3, 0.4) is 0 Å². The molecule has 2 aliphatic heterocycles. The van der Waals surface area contributed by atoms with Crippen LogP contribution in [0.15, 0.2) is 60.7 Å². The van der Waals surface area contributed by atoms with Gasteiger partial charge in [-0.25, -0.2) is 13.1 Å². The highest BCUT2D eigenvalue weighted by atomic mass is 35.5. The lowest BCUT2D eigenvalue weighted by Crippen LogP contribution is -2.53. The summed E-state index contributed by atoms with van der Waals surface area (Å²) in [7, 11) is -2.19. The number of halogens is 1. The number of aryl methyl sites for hydroxylation is 1. The van der Waals surface area contributed by atoms with E-state index in [9.17, 15) is 18.0 Å². The molecule has 1 spiro atoms. The summed E-state index contributed by atoms with van der Waals surface area (Å²) < 4.78 is 40.4. The number of anilines is 1. The third-order valence-electron chi connectivity index (χ3n) is 11.7. The van der Waals surface area contributed by atoms with Crippen molar-refractivity contribution in [2.45, 2.75) is 82.7 Å². The van der Waals surface area contributed by atoms with Crippen molar-refractivity contribution in [3.05, 3.63) is 87.9 Å². The molecule has 7 rings (SSSR count). The number of methoxy groups -OCH3 is 1. The van der Waals surface area contributed by atoms with Crippen molar-refractivity contribution in [2.75, 3.05) is 37.5 Å². The van der Waals surface area contributed by atoms with Crippen LogP contribution in [0.4, 0.5) is 5.69 Å². The molecule has 2 heterocycles. The van der Waals surface area contributed by atoms with Gasteiger partial charge in [-0.1, -0.05) is 42.6 Å². The summed E-state index contributed by atoms with van der Waals surface area (Å²) in [4.78, 5) is 31.3. The van der Waals surface area contributed by atoms with Gasteiger partial charge in [0.25, 0.3) is 5.91 Å². The molecule has 51 heavy (non-hydrogen) atoms. The molecule has 4 aliphatic rings. The summed E-state index contributed by atoms with van der Waals surface area (Å²) in [5, 5.41) is 0.729. The molecule has 0 radical (unpaired) electrons. The Kier molecular flexibility index (Phi) is 10.3. The Hall–Kier alpha value is -3.76. The van der Waals surface area contributed by atoms with Crippen LogP contribution in [-0.2, 0) is 33.2 Å². The maximum Gasteiger partial charge on any atom is 0.264 e. The lowest BCUT2D eigenvalue weighted by atomic mass is 9.67. The number of carbonyl (C=O) groups is 2. The van der Waals surface area contributed by atoms with Gasteiger partial charge in [-0.3, -0.25) is 9.59 Å². The zero-order valence-corrected chi connectivity index (χ0v) is 31.1. The van der Waals surface area contributed by atoms with Crippen LogP contribution >= 0.6 is 11.6 Å². The molecule has 272 valence electrons. The molecular formula is C40H48ClN3O6S. The Morgan fingerprint density at radius 1 is 1.04 bits per heavy atom. The van der Waals surface area contributed by atoms with E-state index in [0.717, 1.165) is 73.5 Å². The van der Waals surface area contributed by atoms with Gasteiger partial charge in [-0.15, -0.1) is 0 Å². The largest absolute Gasteiger partial charge is 0.497 e. The Labute approximate surface area is 306 Å². The quantitative estimate of drug-likeness (QED) is 0.311. The number of carbonyl (C=O) groups excluding carboxylic acids is 2. The Morgan fingerprint density at radius 3 is 2.61 bits per heavy atom. The monoisotopic (exact) mass is 733 g/mol. The molecule has 1 saturated carbocycles. The minimum absolute atomic E-state index is 0.00751. The molecular weight excluding hydrogens is 686 g/mol. The van der Waals surface area contributed by atoms with E-state index < -0.39 is 15.9 Å². The van der Waals surface area contributed by atoms with Crippen molar-refractivity contribution >= 4 is 39.1 Å². The average molecular weight is 734 g/mol. The predicted octanol–water partition coefficient (Wildman–Crippen LogP) is 6.90. The van der Waals surface area contributed by atoms with Gasteiger partial charge in [-0.05, 0) is 116 Å². The summed E-state index contributed by atoms with van der Waals surface area (Å²) in [6.07, 6.45) is 7.67. The van der Waals surface area contributed by atoms with Crippen LogP contribution < -0.4 is 19.1 Å². The average Bonchev–Trinajstić information content (AvgIpc) is 3.24. The van der Waals surface area contributed by atoms with E-state index in [1.807, 2.05) is 41.3 Å². The van der Waals surface area contributed by atoms with Crippen LogP contribution in [0.2, 0.25) is 5.02 Å². The Balaban J connectivity index is 1.27. The van der Waals surface area contributed by atoms with Gasteiger partial charge in [0, 0.05) is 48.6 Å². The van der Waals surface area contributed by atoms with Crippen LogP contribution in [0.25, 0.3) is 0 Å². The highest BCUT2D eigenvalue weighted by Crippen LogP contribution is 2.47. The predicted molar refractivity (Wildman–Crippen MR) is 199 cm³/mol. The van der Waals surface area contributed by atoms with Crippen molar-refractivity contribution in [3.8, 4) is 11.5 Å². The highest BCUT2D eigenvalue weighted by Gasteiger charge is 2.45. The van der Waals surface area contributed by atoms with E-state index in [1.165, 1.54) is 11.1 Å². The van der Waals surface area contributed by atoms with Gasteiger partial charge < -0.3 is 19.3 Å². The summed E-state index contributed by atoms with van der Waals surface area (Å²) >= 11 is 6.47. The van der Waals surface area contributed by atoms with Gasteiger partial charge in [-0.2, -0.15) is 0 Å². The molecule has 0 aromatic heterocycles. The van der Waals surface area contributed by atoms with E-state index in [2.05, 4.69) is 21.8 Å². The summed E-state index contributed by atoms with van der Waals surface area (Å²) in [6, 6.07) is 19.4. The van der Waals surface area contributed by atoms with Gasteiger partial charge in [0.05, 0.1) is 25.2 Å². The van der Waals surface area contributed by atoms with Crippen molar-refractivity contribution in [3.63, 3.8) is 0 Å². The number of rotatable bonds is 4. The molecule has 1 N–H and O–H groups in total. The summed E-state index contributed by atoms with van der Waals surface area (Å²) in [6.45, 7) is 4.07. The minimum Gasteiger partial charge on any atom is -0.497 e. The first-order valence-electron chi connectivity index (χ1n) is 18.3. The fourth-order valence-corrected chi connectivity index (χ4v) is 10.2. The van der Waals surface area contributed by atoms with E-state index in [-0.39, 0.29) is 34.6 Å². The molecule has 4 atom stereocenters. The number of sulfonamides is 1. The van der Waals surface area contributed by atoms with Crippen LogP contribution in [-0.4, -0.2) is 63.7 Å². The van der Waals surface area contributed by atoms with Crippen LogP contribution in [0.1, 0.15) is 85.3 Å². The van der Waals surface area contributed by atoms with Crippen molar-refractivity contribution in [2.24, 2.45) is 11.8 Å². The van der Waals surface area contributed by atoms with E-state index in [0.29, 0.717) is 44.2 Å². The van der Waals surface area contributed by atoms with Crippen LogP contribution in [0.5, 0.6) is 11.5 Å². The van der Waals surface area contributed by atoms with Crippen LogP contribution in [0, 0.1) is 11.8 Å². The molecule has 9 nitrogen and oxygen atoms in total. The van der Waals surface area contributed by atoms with Crippen molar-refractivity contribution in [1.82, 2.24) is 9.62 Å². The molecule has 11 heteroatoms. The second-order valence-electron chi connectivity index (χ2n) is 15.0. The number of ether oxygens (including phenoxy) is 2. The summed E-state index contributed by atoms with van der Waals surface area (Å²) in [5.41, 5.74) is 4.35. The third kappa shape index (κ3) is 7.58. The number of fused-ring (bicyclic) bond motifs is 4. The first kappa shape index (κ1) is 35.6. The molecule has 3 aromatic rings. The molecule has 3 aromatic carbocycles. The van der Waals surface area contributed by atoms with E-state index >= 15 is 0 Å². The SMILES string of the molecule is COc1ccc(CN(C(C)=O)[C@@H]2CCCCCS(=O)(=O)NC(=O)c3ccc4c(c3)N(C[C@@H]3CC[C@H]32)C[C@@]2(CCCc3cc(Cl)ccc32)CO4)cc1. The second-order valence-corrected chi connectivity index (χ2v) is 17.2.